The highest BCUT2D eigenvalue weighted by molar-refractivity contribution is 5.35. The lowest BCUT2D eigenvalue weighted by molar-refractivity contribution is 0.417. The number of aromatic nitrogens is 2. The standard InChI is InChI=1S/C13H20N4/c1-5-13(6-2,7-3)17-12-15-10(4)8-11(9-14)16-12/h8H,5-7H2,1-4H3,(H,15,16,17). The van der Waals surface area contributed by atoms with E-state index in [2.05, 4.69) is 42.1 Å². The third kappa shape index (κ3) is 3.16. The van der Waals surface area contributed by atoms with Crippen LogP contribution < -0.4 is 5.32 Å². The minimum atomic E-state index is 0.0283. The lowest BCUT2D eigenvalue weighted by Gasteiger charge is -2.31. The van der Waals surface area contributed by atoms with Crippen molar-refractivity contribution in [3.05, 3.63) is 17.5 Å². The molecule has 0 aliphatic carbocycles. The molecule has 1 aromatic heterocycles. The Labute approximate surface area is 103 Å². The average molecular weight is 232 g/mol. The molecule has 4 heteroatoms. The Kier molecular flexibility index (Phi) is 4.45. The lowest BCUT2D eigenvalue weighted by Crippen LogP contribution is -2.37. The molecule has 92 valence electrons. The van der Waals surface area contributed by atoms with Crippen LogP contribution >= 0.6 is 0 Å². The SMILES string of the molecule is CCC(CC)(CC)Nc1nc(C)cc(C#N)n1. The van der Waals surface area contributed by atoms with Gasteiger partial charge in [0, 0.05) is 11.2 Å². The molecule has 0 bridgehead atoms. The molecule has 0 atom stereocenters. The van der Waals surface area contributed by atoms with Crippen molar-refractivity contribution in [3.63, 3.8) is 0 Å². The highest BCUT2D eigenvalue weighted by Crippen LogP contribution is 2.23. The molecule has 0 saturated carbocycles. The van der Waals surface area contributed by atoms with Gasteiger partial charge in [-0.15, -0.1) is 0 Å². The molecule has 0 aromatic carbocycles. The Hall–Kier alpha value is -1.63. The van der Waals surface area contributed by atoms with Crippen LogP contribution in [0.4, 0.5) is 5.95 Å². The summed E-state index contributed by atoms with van der Waals surface area (Å²) in [5.41, 5.74) is 1.26. The van der Waals surface area contributed by atoms with Crippen LogP contribution in [0.5, 0.6) is 0 Å². The zero-order valence-corrected chi connectivity index (χ0v) is 11.0. The monoisotopic (exact) mass is 232 g/mol. The molecular weight excluding hydrogens is 212 g/mol. The topological polar surface area (TPSA) is 61.6 Å². The van der Waals surface area contributed by atoms with Gasteiger partial charge in [0.15, 0.2) is 0 Å². The van der Waals surface area contributed by atoms with Crippen LogP contribution in [0, 0.1) is 18.3 Å². The summed E-state index contributed by atoms with van der Waals surface area (Å²) in [6.45, 7) is 8.34. The Morgan fingerprint density at radius 1 is 1.24 bits per heavy atom. The van der Waals surface area contributed by atoms with Crippen molar-refractivity contribution in [3.8, 4) is 6.07 Å². The number of hydrogen-bond donors (Lipinski definition) is 1. The second-order valence-corrected chi connectivity index (χ2v) is 4.30. The molecule has 1 N–H and O–H groups in total. The first kappa shape index (κ1) is 13.4. The van der Waals surface area contributed by atoms with Gasteiger partial charge in [0.1, 0.15) is 11.8 Å². The highest BCUT2D eigenvalue weighted by Gasteiger charge is 2.24. The van der Waals surface area contributed by atoms with E-state index in [1.54, 1.807) is 6.07 Å². The first-order valence-corrected chi connectivity index (χ1v) is 6.13. The maximum absolute atomic E-state index is 8.89. The zero-order chi connectivity index (χ0) is 12.9. The van der Waals surface area contributed by atoms with Gasteiger partial charge in [-0.2, -0.15) is 5.26 Å². The molecule has 1 aromatic rings. The summed E-state index contributed by atoms with van der Waals surface area (Å²) in [6, 6.07) is 3.75. The molecule has 0 unspecified atom stereocenters. The summed E-state index contributed by atoms with van der Waals surface area (Å²) in [5, 5.41) is 12.3. The summed E-state index contributed by atoms with van der Waals surface area (Å²) >= 11 is 0. The maximum atomic E-state index is 8.89. The Morgan fingerprint density at radius 2 is 1.82 bits per heavy atom. The second kappa shape index (κ2) is 5.62. The summed E-state index contributed by atoms with van der Waals surface area (Å²) in [7, 11) is 0. The fourth-order valence-electron chi connectivity index (χ4n) is 1.93. The van der Waals surface area contributed by atoms with Gasteiger partial charge >= 0.3 is 0 Å². The zero-order valence-electron chi connectivity index (χ0n) is 11.0. The molecule has 17 heavy (non-hydrogen) atoms. The van der Waals surface area contributed by atoms with E-state index in [1.807, 2.05) is 6.92 Å². The summed E-state index contributed by atoms with van der Waals surface area (Å²) in [4.78, 5) is 8.53. The predicted molar refractivity (Wildman–Crippen MR) is 68.7 cm³/mol. The van der Waals surface area contributed by atoms with Gasteiger partial charge < -0.3 is 5.32 Å². The smallest absolute Gasteiger partial charge is 0.224 e. The summed E-state index contributed by atoms with van der Waals surface area (Å²) in [6.07, 6.45) is 3.04. The summed E-state index contributed by atoms with van der Waals surface area (Å²) < 4.78 is 0. The van der Waals surface area contributed by atoms with Gasteiger partial charge in [0.2, 0.25) is 5.95 Å². The van der Waals surface area contributed by atoms with Gasteiger partial charge in [-0.3, -0.25) is 0 Å². The molecular formula is C13H20N4. The first-order valence-electron chi connectivity index (χ1n) is 6.13. The van der Waals surface area contributed by atoms with E-state index in [9.17, 15) is 0 Å². The molecule has 4 nitrogen and oxygen atoms in total. The van der Waals surface area contributed by atoms with E-state index in [0.29, 0.717) is 11.6 Å². The van der Waals surface area contributed by atoms with Crippen LogP contribution in [-0.2, 0) is 0 Å². The molecule has 0 amide bonds. The van der Waals surface area contributed by atoms with E-state index in [0.717, 1.165) is 25.0 Å². The minimum absolute atomic E-state index is 0.0283. The number of nitriles is 1. The van der Waals surface area contributed by atoms with Crippen LogP contribution in [-0.4, -0.2) is 15.5 Å². The number of nitrogens with one attached hydrogen (secondary N) is 1. The predicted octanol–water partition coefficient (Wildman–Crippen LogP) is 3.04. The van der Waals surface area contributed by atoms with Crippen LogP contribution in [0.25, 0.3) is 0 Å². The fourth-order valence-corrected chi connectivity index (χ4v) is 1.93. The Morgan fingerprint density at radius 3 is 2.29 bits per heavy atom. The molecule has 0 fully saturated rings. The second-order valence-electron chi connectivity index (χ2n) is 4.30. The summed E-state index contributed by atoms with van der Waals surface area (Å²) in [5.74, 6) is 0.562. The van der Waals surface area contributed by atoms with Gasteiger partial charge in [-0.25, -0.2) is 9.97 Å². The third-order valence-corrected chi connectivity index (χ3v) is 3.38. The van der Waals surface area contributed by atoms with Crippen molar-refractivity contribution in [1.29, 1.82) is 5.26 Å². The van der Waals surface area contributed by atoms with Crippen LogP contribution in [0.2, 0.25) is 0 Å². The van der Waals surface area contributed by atoms with Crippen molar-refractivity contribution in [2.45, 2.75) is 52.5 Å². The average Bonchev–Trinajstić information content (AvgIpc) is 2.35. The first-order chi connectivity index (χ1) is 8.09. The van der Waals surface area contributed by atoms with Gasteiger partial charge in [0.25, 0.3) is 0 Å². The third-order valence-electron chi connectivity index (χ3n) is 3.38. The lowest BCUT2D eigenvalue weighted by atomic mass is 9.90. The van der Waals surface area contributed by atoms with Crippen LogP contribution in [0.15, 0.2) is 6.07 Å². The van der Waals surface area contributed by atoms with Crippen molar-refractivity contribution < 1.29 is 0 Å². The Bertz CT molecular complexity index is 408. The molecule has 0 spiro atoms. The minimum Gasteiger partial charge on any atom is -0.349 e. The Balaban J connectivity index is 3.02. The molecule has 0 saturated heterocycles. The molecule has 0 aliphatic rings. The van der Waals surface area contributed by atoms with Gasteiger partial charge in [-0.05, 0) is 32.3 Å². The molecule has 0 aliphatic heterocycles. The van der Waals surface area contributed by atoms with Crippen molar-refractivity contribution in [2.24, 2.45) is 0 Å². The van der Waals surface area contributed by atoms with Gasteiger partial charge in [-0.1, -0.05) is 20.8 Å². The quantitative estimate of drug-likeness (QED) is 0.847. The number of hydrogen-bond acceptors (Lipinski definition) is 4. The van der Waals surface area contributed by atoms with Gasteiger partial charge in [0.05, 0.1) is 0 Å². The van der Waals surface area contributed by atoms with E-state index >= 15 is 0 Å². The normalized spacial score (nSPS) is 11.0. The van der Waals surface area contributed by atoms with E-state index < -0.39 is 0 Å². The van der Waals surface area contributed by atoms with Crippen molar-refractivity contribution in [2.75, 3.05) is 5.32 Å². The largest absolute Gasteiger partial charge is 0.349 e. The number of anilines is 1. The number of aryl methyl sites for hydroxylation is 1. The van der Waals surface area contributed by atoms with Crippen LogP contribution in [0.1, 0.15) is 51.4 Å². The maximum Gasteiger partial charge on any atom is 0.224 e. The fraction of sp³-hybridized carbons (Fsp3) is 0.615. The van der Waals surface area contributed by atoms with Crippen LogP contribution in [0.3, 0.4) is 0 Å². The molecule has 0 radical (unpaired) electrons. The van der Waals surface area contributed by atoms with E-state index in [-0.39, 0.29) is 5.54 Å². The number of nitrogens with zero attached hydrogens (tertiary/aromatic N) is 3. The molecule has 1 heterocycles. The van der Waals surface area contributed by atoms with E-state index in [1.165, 1.54) is 0 Å². The van der Waals surface area contributed by atoms with Crippen molar-refractivity contribution in [1.82, 2.24) is 9.97 Å². The van der Waals surface area contributed by atoms with E-state index in [4.69, 9.17) is 5.26 Å². The highest BCUT2D eigenvalue weighted by atomic mass is 15.1. The number of rotatable bonds is 5. The van der Waals surface area contributed by atoms with Crippen molar-refractivity contribution >= 4 is 5.95 Å². The molecule has 1 rings (SSSR count).